The van der Waals surface area contributed by atoms with Crippen LogP contribution in [0.25, 0.3) is 32.1 Å². The standard InChI is InChI=1S/C19H15BN.2C11H6F2N.C7H4ClN.2C4H10O.Ir/c1-21-20(17-11-5-2-6-12-17,18-13-7-3-8-14-18)19-15-9-4-10-16-19;2*12-8-4-5-9(10(13)7-8)11-3-1-2-6-14-11;1-9-7-4-2-6(8)3-5-7;2*1-3-5-4-2;/h2-16H;2*1-4,6-7H;2-5H;2*3-4H2,1-2H3;/q3*-1;;;;+3. The van der Waals surface area contributed by atoms with Gasteiger partial charge in [-0.3, -0.25) is 17.6 Å². The van der Waals surface area contributed by atoms with E-state index in [1.54, 1.807) is 73.1 Å². The van der Waals surface area contributed by atoms with Crippen LogP contribution < -0.4 is 16.4 Å². The predicted octanol–water partition coefficient (Wildman–Crippen LogP) is 13.2. The van der Waals surface area contributed by atoms with Gasteiger partial charge in [0, 0.05) is 67.1 Å². The number of rotatable bonds is 9. The van der Waals surface area contributed by atoms with Crippen molar-refractivity contribution in [3.05, 3.63) is 251 Å². The number of pyridine rings is 2. The van der Waals surface area contributed by atoms with Crippen molar-refractivity contribution in [2.45, 2.75) is 27.7 Å². The first-order valence-electron chi connectivity index (χ1n) is 21.6. The molecule has 6 aromatic carbocycles. The Balaban J connectivity index is 0.000000303. The molecule has 0 unspecified atom stereocenters. The topological polar surface area (TPSA) is 53.0 Å². The molecule has 2 aromatic heterocycles. The Hall–Kier alpha value is -6.76. The molecule has 8 rings (SSSR count). The molecule has 0 aliphatic heterocycles. The van der Waals surface area contributed by atoms with Crippen LogP contribution in [0.1, 0.15) is 27.7 Å². The molecule has 354 valence electrons. The van der Waals surface area contributed by atoms with Crippen molar-refractivity contribution in [3.8, 4) is 22.5 Å². The fourth-order valence-electron chi connectivity index (χ4n) is 6.22. The van der Waals surface area contributed by atoms with Crippen molar-refractivity contribution in [2.24, 2.45) is 0 Å². The van der Waals surface area contributed by atoms with E-state index in [9.17, 15) is 17.6 Å². The average molecular weight is 1130 g/mol. The summed E-state index contributed by atoms with van der Waals surface area (Å²) < 4.78 is 65.4. The maximum Gasteiger partial charge on any atom is 3.00 e. The third-order valence-corrected chi connectivity index (χ3v) is 9.62. The zero-order chi connectivity index (χ0) is 49.4. The van der Waals surface area contributed by atoms with Crippen molar-refractivity contribution in [1.29, 1.82) is 0 Å². The van der Waals surface area contributed by atoms with Gasteiger partial charge in [0.05, 0.1) is 6.57 Å². The molecule has 8 aromatic rings. The molecule has 0 aliphatic rings. The van der Waals surface area contributed by atoms with E-state index in [1.165, 1.54) is 0 Å². The molecule has 0 amide bonds. The van der Waals surface area contributed by atoms with Crippen molar-refractivity contribution in [2.75, 3.05) is 26.4 Å². The Morgan fingerprint density at radius 1 is 0.522 bits per heavy atom. The molecule has 0 spiro atoms. The Morgan fingerprint density at radius 3 is 1.13 bits per heavy atom. The van der Waals surface area contributed by atoms with Gasteiger partial charge >= 0.3 is 26.4 Å². The van der Waals surface area contributed by atoms with Gasteiger partial charge in [0.25, 0.3) is 0 Å². The monoisotopic (exact) mass is 1130 g/mol. The Kier molecular flexibility index (Phi) is 28.5. The van der Waals surface area contributed by atoms with Gasteiger partial charge in [0.15, 0.2) is 5.69 Å². The normalized spacial score (nSPS) is 9.72. The molecular weight excluding hydrogens is 1080 g/mol. The summed E-state index contributed by atoms with van der Waals surface area (Å²) in [6, 6.07) is 56.2. The van der Waals surface area contributed by atoms with Crippen LogP contribution in [0.15, 0.2) is 188 Å². The van der Waals surface area contributed by atoms with Crippen LogP contribution in [0.5, 0.6) is 0 Å². The minimum Gasteiger partial charge on any atom is -0.559 e. The number of hydrogen-bond acceptors (Lipinski definition) is 4. The van der Waals surface area contributed by atoms with Crippen LogP contribution in [0.2, 0.25) is 5.02 Å². The predicted molar refractivity (Wildman–Crippen MR) is 269 cm³/mol. The summed E-state index contributed by atoms with van der Waals surface area (Å²) in [5.74, 6) is -2.57. The molecule has 0 radical (unpaired) electrons. The van der Waals surface area contributed by atoms with Crippen molar-refractivity contribution in [1.82, 2.24) is 9.97 Å². The number of halogens is 5. The second-order valence-corrected chi connectivity index (χ2v) is 14.3. The third-order valence-electron chi connectivity index (χ3n) is 9.37. The largest absolute Gasteiger partial charge is 3.00 e. The second-order valence-electron chi connectivity index (χ2n) is 13.8. The molecule has 0 N–H and O–H groups in total. The molecule has 0 saturated carbocycles. The van der Waals surface area contributed by atoms with Gasteiger partial charge in [-0.25, -0.2) is 4.85 Å². The Labute approximate surface area is 423 Å². The van der Waals surface area contributed by atoms with Crippen molar-refractivity contribution in [3.63, 3.8) is 0 Å². The zero-order valence-corrected chi connectivity index (χ0v) is 41.8. The molecule has 6 nitrogen and oxygen atoms in total. The minimum absolute atomic E-state index is 0. The fourth-order valence-corrected chi connectivity index (χ4v) is 6.35. The van der Waals surface area contributed by atoms with Crippen LogP contribution in [-0.2, 0) is 29.6 Å². The molecule has 0 aliphatic carbocycles. The molecule has 0 bridgehead atoms. The van der Waals surface area contributed by atoms with Crippen molar-refractivity contribution < 1.29 is 47.1 Å². The summed E-state index contributed by atoms with van der Waals surface area (Å²) in [6.07, 6.45) is 1.49. The van der Waals surface area contributed by atoms with E-state index in [-0.39, 0.29) is 31.2 Å². The molecular formula is C56H51BClF4IrN4O2. The Morgan fingerprint density at radius 2 is 0.870 bits per heavy atom. The van der Waals surface area contributed by atoms with Gasteiger partial charge in [-0.05, 0) is 51.2 Å². The summed E-state index contributed by atoms with van der Waals surface area (Å²) >= 11 is 5.57. The van der Waals surface area contributed by atoms with Crippen LogP contribution in [0, 0.1) is 48.5 Å². The maximum absolute atomic E-state index is 13.2. The van der Waals surface area contributed by atoms with E-state index in [2.05, 4.69) is 68.1 Å². The minimum atomic E-state index is -1.61. The first-order valence-corrected chi connectivity index (χ1v) is 22.0. The number of hydrogen-bond donors (Lipinski definition) is 0. The van der Waals surface area contributed by atoms with E-state index in [0.29, 0.717) is 22.1 Å². The van der Waals surface area contributed by atoms with E-state index >= 15 is 0 Å². The SMILES string of the molecule is CCOCC.CCOCC.Fc1c[c-]c(-c2ccccn2)c(F)c1.Fc1c[c-]c(-c2ccccn2)c(F)c1.[C-]#[N+][B-](c1ccccc1)(c1ccccc1)c1ccccc1.[C-]#[N+]c1ccc(Cl)cc1.[Ir+3]. The van der Waals surface area contributed by atoms with Gasteiger partial charge in [0.2, 0.25) is 0 Å². The smallest absolute Gasteiger partial charge is 0.559 e. The van der Waals surface area contributed by atoms with Crippen LogP contribution in [-0.4, -0.2) is 42.7 Å². The fraction of sp³-hybridized carbons (Fsp3) is 0.143. The van der Waals surface area contributed by atoms with Crippen molar-refractivity contribution >= 4 is 40.0 Å². The third kappa shape index (κ3) is 19.8. The van der Waals surface area contributed by atoms with E-state index < -0.39 is 29.5 Å². The zero-order valence-electron chi connectivity index (χ0n) is 38.6. The number of benzene rings is 6. The summed E-state index contributed by atoms with van der Waals surface area (Å²) in [6.45, 7) is 25.9. The number of aromatic nitrogens is 2. The van der Waals surface area contributed by atoms with E-state index in [1.807, 2.05) is 82.3 Å². The molecule has 0 saturated heterocycles. The van der Waals surface area contributed by atoms with Gasteiger partial charge in [-0.1, -0.05) is 174 Å². The molecule has 0 atom stereocenters. The summed E-state index contributed by atoms with van der Waals surface area (Å²) in [5, 5.41) is 0.669. The van der Waals surface area contributed by atoms with Crippen LogP contribution in [0.3, 0.4) is 0 Å². The first-order chi connectivity index (χ1) is 33.1. The van der Waals surface area contributed by atoms with Crippen LogP contribution >= 0.6 is 11.6 Å². The van der Waals surface area contributed by atoms with Gasteiger partial charge in [0.1, 0.15) is 0 Å². The number of nitrogens with zero attached hydrogens (tertiary/aromatic N) is 4. The van der Waals surface area contributed by atoms with Gasteiger partial charge in [-0.15, -0.1) is 40.7 Å². The molecule has 0 fully saturated rings. The van der Waals surface area contributed by atoms with Crippen LogP contribution in [0.4, 0.5) is 23.2 Å². The quantitative estimate of drug-likeness (QED) is 0.0821. The number of ether oxygens (including phenoxy) is 2. The maximum atomic E-state index is 13.2. The molecule has 2 heterocycles. The summed E-state index contributed by atoms with van der Waals surface area (Å²) in [4.78, 5) is 11.1. The molecule has 13 heteroatoms. The average Bonchev–Trinajstić information content (AvgIpc) is 3.38. The van der Waals surface area contributed by atoms with Gasteiger partial charge in [-0.2, -0.15) is 0 Å². The molecule has 69 heavy (non-hydrogen) atoms. The summed E-state index contributed by atoms with van der Waals surface area (Å²) in [5.41, 5.74) is 5.08. The Bertz CT molecular complexity index is 2510. The summed E-state index contributed by atoms with van der Waals surface area (Å²) in [7, 11) is 0. The first kappa shape index (κ1) is 58.4. The second kappa shape index (κ2) is 33.7. The van der Waals surface area contributed by atoms with Gasteiger partial charge < -0.3 is 30.8 Å². The van der Waals surface area contributed by atoms with E-state index in [0.717, 1.165) is 67.1 Å². The van der Waals surface area contributed by atoms with E-state index in [4.69, 9.17) is 34.2 Å².